The molecule has 0 aromatic heterocycles. The van der Waals surface area contributed by atoms with Crippen LogP contribution in [0.1, 0.15) is 112 Å². The van der Waals surface area contributed by atoms with E-state index in [0.717, 1.165) is 30.1 Å². The first-order valence-electron chi connectivity index (χ1n) is 14.0. The Labute approximate surface area is 206 Å². The normalized spacial score (nSPS) is 40.4. The molecule has 0 aliphatic heterocycles. The second-order valence-electron chi connectivity index (χ2n) is 13.3. The van der Waals surface area contributed by atoms with Crippen molar-refractivity contribution < 1.29 is 14.5 Å². The van der Waals surface area contributed by atoms with Crippen molar-refractivity contribution in [2.45, 2.75) is 112 Å². The van der Waals surface area contributed by atoms with Gasteiger partial charge in [0, 0.05) is 19.8 Å². The van der Waals surface area contributed by atoms with Gasteiger partial charge in [-0.05, 0) is 90.8 Å². The number of nitro groups is 1. The first-order valence-corrected chi connectivity index (χ1v) is 14.0. The lowest BCUT2D eigenvalue weighted by atomic mass is 9.44. The molecule has 5 heteroatoms. The maximum Gasteiger partial charge on any atom is 0.307 e. The minimum Gasteiger partial charge on any atom is -0.424 e. The molecule has 0 N–H and O–H groups in total. The molecule has 0 saturated heterocycles. The molecular weight excluding hydrogens is 426 g/mol. The molecule has 5 nitrogen and oxygen atoms in total. The minimum absolute atomic E-state index is 0.0583. The van der Waals surface area contributed by atoms with E-state index in [0.29, 0.717) is 41.8 Å². The Morgan fingerprint density at radius 1 is 1.06 bits per heavy atom. The number of ether oxygens (including phenoxy) is 1. The van der Waals surface area contributed by atoms with Crippen LogP contribution in [0.5, 0.6) is 0 Å². The predicted octanol–water partition coefficient (Wildman–Crippen LogP) is 7.77. The molecule has 8 atom stereocenters. The molecule has 3 saturated carbocycles. The van der Waals surface area contributed by atoms with Crippen LogP contribution in [-0.2, 0) is 9.53 Å². The van der Waals surface area contributed by atoms with Crippen LogP contribution < -0.4 is 0 Å². The highest BCUT2D eigenvalue weighted by Gasteiger charge is 2.61. The van der Waals surface area contributed by atoms with Crippen LogP contribution in [0.15, 0.2) is 11.5 Å². The van der Waals surface area contributed by atoms with Gasteiger partial charge in [-0.25, -0.2) is 0 Å². The average Bonchev–Trinajstić information content (AvgIpc) is 3.10. The largest absolute Gasteiger partial charge is 0.424 e. The van der Waals surface area contributed by atoms with E-state index >= 15 is 0 Å². The summed E-state index contributed by atoms with van der Waals surface area (Å²) in [5.74, 6) is 4.68. The molecule has 0 aromatic carbocycles. The average molecular weight is 474 g/mol. The third-order valence-electron chi connectivity index (χ3n) is 11.1. The highest BCUT2D eigenvalue weighted by Crippen LogP contribution is 2.68. The van der Waals surface area contributed by atoms with Gasteiger partial charge in [-0.1, -0.05) is 53.9 Å². The molecule has 0 unspecified atom stereocenters. The van der Waals surface area contributed by atoms with Crippen molar-refractivity contribution in [1.29, 1.82) is 0 Å². The Morgan fingerprint density at radius 3 is 2.41 bits per heavy atom. The van der Waals surface area contributed by atoms with Crippen molar-refractivity contribution in [3.05, 3.63) is 21.6 Å². The van der Waals surface area contributed by atoms with E-state index < -0.39 is 5.97 Å². The summed E-state index contributed by atoms with van der Waals surface area (Å²) in [5.41, 5.74) is 0.532. The van der Waals surface area contributed by atoms with Crippen molar-refractivity contribution in [2.75, 3.05) is 0 Å². The summed E-state index contributed by atoms with van der Waals surface area (Å²) in [6.45, 7) is 13.4. The molecule has 4 aliphatic carbocycles. The Morgan fingerprint density at radius 2 is 1.76 bits per heavy atom. The van der Waals surface area contributed by atoms with Crippen LogP contribution in [0, 0.1) is 62.4 Å². The van der Waals surface area contributed by atoms with Crippen molar-refractivity contribution >= 4 is 5.97 Å². The molecule has 0 radical (unpaired) electrons. The third-order valence-corrected chi connectivity index (χ3v) is 11.1. The van der Waals surface area contributed by atoms with Crippen LogP contribution in [-0.4, -0.2) is 10.9 Å². The summed E-state index contributed by atoms with van der Waals surface area (Å²) in [6, 6.07) is 0. The van der Waals surface area contributed by atoms with Crippen LogP contribution in [0.2, 0.25) is 0 Å². The quantitative estimate of drug-likeness (QED) is 0.215. The van der Waals surface area contributed by atoms with Gasteiger partial charge in [-0.15, -0.1) is 0 Å². The van der Waals surface area contributed by atoms with Crippen molar-refractivity contribution in [3.8, 4) is 0 Å². The van der Waals surface area contributed by atoms with Crippen LogP contribution >= 0.6 is 0 Å². The standard InChI is InChI=1S/C29H47NO4/c1-18(2)8-7-9-19(3)23-12-13-24-22-11-10-21-16-27(34-20(4)31)26(30(32)33)17-29(21,6)25(22)14-15-28(23,24)5/h18-19,21-25H,7-17H2,1-6H3/t19-,21+,22+,23-,24+,25+,28-,29+/m1/s1. The number of allylic oxidation sites excluding steroid dienone is 2. The zero-order valence-electron chi connectivity index (χ0n) is 22.4. The molecule has 34 heavy (non-hydrogen) atoms. The fourth-order valence-electron chi connectivity index (χ4n) is 9.41. The number of esters is 1. The SMILES string of the molecule is CC(=O)OC1=C([N+](=O)[O-])C[C@@]2(C)[C@@H](CC[C@@H]3[C@@H]2CC[C@]2(C)[C@@H]([C@H](C)CCCC(C)C)CC[C@@H]32)C1. The smallest absolute Gasteiger partial charge is 0.307 e. The number of rotatable bonds is 7. The highest BCUT2D eigenvalue weighted by molar-refractivity contribution is 5.67. The Kier molecular flexibility index (Phi) is 7.24. The molecule has 0 heterocycles. The number of hydrogen-bond acceptors (Lipinski definition) is 4. The van der Waals surface area contributed by atoms with E-state index in [4.69, 9.17) is 4.74 Å². The molecule has 0 amide bonds. The molecule has 192 valence electrons. The van der Waals surface area contributed by atoms with Crippen LogP contribution in [0.4, 0.5) is 0 Å². The maximum atomic E-state index is 12.0. The summed E-state index contributed by atoms with van der Waals surface area (Å²) >= 11 is 0. The molecule has 4 rings (SSSR count). The lowest BCUT2D eigenvalue weighted by Gasteiger charge is -2.60. The fraction of sp³-hybridized carbons (Fsp3) is 0.897. The van der Waals surface area contributed by atoms with E-state index in [1.807, 2.05) is 0 Å². The van der Waals surface area contributed by atoms with E-state index in [-0.39, 0.29) is 16.0 Å². The van der Waals surface area contributed by atoms with Gasteiger partial charge in [0.1, 0.15) is 0 Å². The van der Waals surface area contributed by atoms with Gasteiger partial charge >= 0.3 is 5.97 Å². The van der Waals surface area contributed by atoms with Gasteiger partial charge in [0.2, 0.25) is 0 Å². The van der Waals surface area contributed by atoms with E-state index in [1.165, 1.54) is 58.3 Å². The van der Waals surface area contributed by atoms with E-state index in [2.05, 4.69) is 34.6 Å². The summed E-state index contributed by atoms with van der Waals surface area (Å²) in [4.78, 5) is 23.3. The monoisotopic (exact) mass is 473 g/mol. The molecular formula is C29H47NO4. The molecule has 0 bridgehead atoms. The number of hydrogen-bond donors (Lipinski definition) is 0. The molecule has 4 aliphatic rings. The lowest BCUT2D eigenvalue weighted by Crippen LogP contribution is -2.53. The molecule has 0 aromatic rings. The number of carbonyl (C=O) groups excluding carboxylic acids is 1. The zero-order chi connectivity index (χ0) is 24.8. The second kappa shape index (κ2) is 9.58. The summed E-state index contributed by atoms with van der Waals surface area (Å²) in [5, 5.41) is 12.0. The first-order chi connectivity index (χ1) is 16.0. The Balaban J connectivity index is 1.53. The molecule has 3 fully saturated rings. The topological polar surface area (TPSA) is 69.4 Å². The van der Waals surface area contributed by atoms with Crippen LogP contribution in [0.25, 0.3) is 0 Å². The summed E-state index contributed by atoms with van der Waals surface area (Å²) < 4.78 is 5.37. The van der Waals surface area contributed by atoms with Gasteiger partial charge in [0.05, 0.1) is 4.92 Å². The molecule has 0 spiro atoms. The Hall–Kier alpha value is -1.39. The predicted molar refractivity (Wildman–Crippen MR) is 134 cm³/mol. The first kappa shape index (κ1) is 25.7. The number of carbonyl (C=O) groups is 1. The van der Waals surface area contributed by atoms with Gasteiger partial charge in [-0.2, -0.15) is 0 Å². The van der Waals surface area contributed by atoms with Crippen molar-refractivity contribution in [3.63, 3.8) is 0 Å². The summed E-state index contributed by atoms with van der Waals surface area (Å²) in [7, 11) is 0. The van der Waals surface area contributed by atoms with E-state index in [9.17, 15) is 14.9 Å². The van der Waals surface area contributed by atoms with Gasteiger partial charge in [-0.3, -0.25) is 14.9 Å². The maximum absolute atomic E-state index is 12.0. The van der Waals surface area contributed by atoms with Crippen molar-refractivity contribution in [1.82, 2.24) is 0 Å². The zero-order valence-corrected chi connectivity index (χ0v) is 22.4. The van der Waals surface area contributed by atoms with Crippen molar-refractivity contribution in [2.24, 2.45) is 52.3 Å². The van der Waals surface area contributed by atoms with Gasteiger partial charge < -0.3 is 4.74 Å². The third kappa shape index (κ3) is 4.46. The minimum atomic E-state index is -0.445. The highest BCUT2D eigenvalue weighted by atomic mass is 16.6. The van der Waals surface area contributed by atoms with E-state index in [1.54, 1.807) is 0 Å². The van der Waals surface area contributed by atoms with Gasteiger partial charge in [0.25, 0.3) is 5.70 Å². The Bertz CT molecular complexity index is 834. The lowest BCUT2D eigenvalue weighted by molar-refractivity contribution is -0.436. The number of fused-ring (bicyclic) bond motifs is 5. The summed E-state index contributed by atoms with van der Waals surface area (Å²) in [6.07, 6.45) is 12.6. The number of nitrogens with zero attached hydrogens (tertiary/aromatic N) is 1. The van der Waals surface area contributed by atoms with Crippen LogP contribution in [0.3, 0.4) is 0 Å². The fourth-order valence-corrected chi connectivity index (χ4v) is 9.41. The second-order valence-corrected chi connectivity index (χ2v) is 13.3. The van der Waals surface area contributed by atoms with Gasteiger partial charge in [0.15, 0.2) is 5.76 Å².